The van der Waals surface area contributed by atoms with Crippen molar-refractivity contribution in [3.05, 3.63) is 47.8 Å². The van der Waals surface area contributed by atoms with Gasteiger partial charge in [-0.15, -0.1) is 0 Å². The molecule has 0 unspecified atom stereocenters. The van der Waals surface area contributed by atoms with Gasteiger partial charge in [-0.3, -0.25) is 4.79 Å². The lowest BCUT2D eigenvalue weighted by molar-refractivity contribution is 0.0933. The summed E-state index contributed by atoms with van der Waals surface area (Å²) in [5.41, 5.74) is 2.54. The van der Waals surface area contributed by atoms with Crippen LogP contribution in [-0.4, -0.2) is 21.9 Å². The molecule has 0 atom stereocenters. The first-order valence-corrected chi connectivity index (χ1v) is 8.94. The number of rotatable bonds is 4. The second-order valence-electron chi connectivity index (χ2n) is 7.64. The van der Waals surface area contributed by atoms with Crippen molar-refractivity contribution in [3.8, 4) is 0 Å². The lowest BCUT2D eigenvalue weighted by atomic mass is 9.86. The molecule has 132 valence electrons. The number of amides is 1. The fourth-order valence-electron chi connectivity index (χ4n) is 3.24. The van der Waals surface area contributed by atoms with Crippen LogP contribution in [-0.2, 0) is 5.41 Å². The fraction of sp³-hybridized carbons (Fsp3) is 0.450. The Bertz CT molecular complexity index is 745. The standard InChI is InChI=1S/C20H26N4O/c1-20(2,3)15-10-6-7-11-16(15)23-19-21-13-12-17(24-19)18(25)22-14-8-4-5-9-14/h6-7,10-14H,4-5,8-9H2,1-3H3,(H,22,25)(H,21,23,24). The minimum Gasteiger partial charge on any atom is -0.348 e. The smallest absolute Gasteiger partial charge is 0.270 e. The van der Waals surface area contributed by atoms with Gasteiger partial charge in [0.2, 0.25) is 5.95 Å². The molecule has 1 aliphatic rings. The number of anilines is 2. The van der Waals surface area contributed by atoms with E-state index in [-0.39, 0.29) is 17.4 Å². The summed E-state index contributed by atoms with van der Waals surface area (Å²) in [4.78, 5) is 21.1. The summed E-state index contributed by atoms with van der Waals surface area (Å²) in [6.07, 6.45) is 6.11. The maximum Gasteiger partial charge on any atom is 0.270 e. The number of hydrogen-bond acceptors (Lipinski definition) is 4. The van der Waals surface area contributed by atoms with Crippen LogP contribution in [0.4, 0.5) is 11.6 Å². The molecular formula is C20H26N4O. The van der Waals surface area contributed by atoms with Crippen LogP contribution in [0.5, 0.6) is 0 Å². The quantitative estimate of drug-likeness (QED) is 0.877. The molecule has 5 nitrogen and oxygen atoms in total. The molecule has 0 spiro atoms. The summed E-state index contributed by atoms with van der Waals surface area (Å²) in [5, 5.41) is 6.33. The third kappa shape index (κ3) is 4.35. The van der Waals surface area contributed by atoms with Crippen LogP contribution in [0.25, 0.3) is 0 Å². The average Bonchev–Trinajstić information content (AvgIpc) is 3.07. The number of benzene rings is 1. The minimum atomic E-state index is -0.124. The number of carbonyl (C=O) groups is 1. The van der Waals surface area contributed by atoms with Crippen molar-refractivity contribution in [2.45, 2.75) is 57.9 Å². The maximum atomic E-state index is 12.4. The number of nitrogens with zero attached hydrogens (tertiary/aromatic N) is 2. The first kappa shape index (κ1) is 17.4. The SMILES string of the molecule is CC(C)(C)c1ccccc1Nc1nccc(C(=O)NC2CCCC2)n1. The maximum absolute atomic E-state index is 12.4. The van der Waals surface area contributed by atoms with E-state index >= 15 is 0 Å². The number of para-hydroxylation sites is 1. The van der Waals surface area contributed by atoms with Crippen LogP contribution in [0, 0.1) is 0 Å². The molecule has 1 heterocycles. The van der Waals surface area contributed by atoms with Gasteiger partial charge < -0.3 is 10.6 Å². The van der Waals surface area contributed by atoms with Crippen molar-refractivity contribution in [2.24, 2.45) is 0 Å². The van der Waals surface area contributed by atoms with Crippen LogP contribution in [0.3, 0.4) is 0 Å². The van der Waals surface area contributed by atoms with Gasteiger partial charge in [-0.2, -0.15) is 0 Å². The molecule has 0 saturated heterocycles. The normalized spacial score (nSPS) is 15.2. The number of hydrogen-bond donors (Lipinski definition) is 2. The van der Waals surface area contributed by atoms with Gasteiger partial charge in [-0.05, 0) is 36.0 Å². The summed E-state index contributed by atoms with van der Waals surface area (Å²) < 4.78 is 0. The molecule has 0 bridgehead atoms. The first-order valence-electron chi connectivity index (χ1n) is 8.94. The van der Waals surface area contributed by atoms with E-state index in [1.807, 2.05) is 18.2 Å². The summed E-state index contributed by atoms with van der Waals surface area (Å²) >= 11 is 0. The Labute approximate surface area is 149 Å². The highest BCUT2D eigenvalue weighted by atomic mass is 16.1. The van der Waals surface area contributed by atoms with Crippen molar-refractivity contribution in [2.75, 3.05) is 5.32 Å². The predicted octanol–water partition coefficient (Wildman–Crippen LogP) is 4.19. The van der Waals surface area contributed by atoms with Gasteiger partial charge in [0, 0.05) is 17.9 Å². The van der Waals surface area contributed by atoms with Crippen LogP contribution >= 0.6 is 0 Å². The summed E-state index contributed by atoms with van der Waals surface area (Å²) in [7, 11) is 0. The van der Waals surface area contributed by atoms with Gasteiger partial charge >= 0.3 is 0 Å². The molecule has 1 aliphatic carbocycles. The Morgan fingerprint density at radius 3 is 2.56 bits per heavy atom. The highest BCUT2D eigenvalue weighted by Crippen LogP contribution is 2.30. The van der Waals surface area contributed by atoms with Crippen LogP contribution in [0.15, 0.2) is 36.5 Å². The Balaban J connectivity index is 1.77. The molecule has 3 rings (SSSR count). The van der Waals surface area contributed by atoms with Gasteiger partial charge in [0.1, 0.15) is 5.69 Å². The van der Waals surface area contributed by atoms with Gasteiger partial charge in [0.25, 0.3) is 5.91 Å². The lowest BCUT2D eigenvalue weighted by Gasteiger charge is -2.23. The topological polar surface area (TPSA) is 66.9 Å². The van der Waals surface area contributed by atoms with Crippen molar-refractivity contribution < 1.29 is 4.79 Å². The Morgan fingerprint density at radius 2 is 1.84 bits per heavy atom. The van der Waals surface area contributed by atoms with Crippen molar-refractivity contribution in [3.63, 3.8) is 0 Å². The van der Waals surface area contributed by atoms with E-state index in [0.717, 1.165) is 18.5 Å². The Hall–Kier alpha value is -2.43. The zero-order chi connectivity index (χ0) is 17.9. The van der Waals surface area contributed by atoms with Gasteiger partial charge in [-0.25, -0.2) is 9.97 Å². The molecule has 1 aromatic carbocycles. The molecule has 2 aromatic rings. The highest BCUT2D eigenvalue weighted by molar-refractivity contribution is 5.92. The van der Waals surface area contributed by atoms with Crippen LogP contribution < -0.4 is 10.6 Å². The minimum absolute atomic E-state index is 0.00104. The lowest BCUT2D eigenvalue weighted by Crippen LogP contribution is -2.33. The van der Waals surface area contributed by atoms with Crippen molar-refractivity contribution in [1.29, 1.82) is 0 Å². The Kier molecular flexibility index (Phi) is 5.02. The van der Waals surface area contributed by atoms with Crippen molar-refractivity contribution in [1.82, 2.24) is 15.3 Å². The fourth-order valence-corrected chi connectivity index (χ4v) is 3.24. The van der Waals surface area contributed by atoms with E-state index in [9.17, 15) is 4.79 Å². The van der Waals surface area contributed by atoms with E-state index in [2.05, 4.69) is 47.4 Å². The molecule has 1 fully saturated rings. The van der Waals surface area contributed by atoms with E-state index in [4.69, 9.17) is 0 Å². The molecule has 5 heteroatoms. The van der Waals surface area contributed by atoms with Crippen molar-refractivity contribution >= 4 is 17.5 Å². The molecule has 0 radical (unpaired) electrons. The van der Waals surface area contributed by atoms with Gasteiger partial charge in [0.15, 0.2) is 0 Å². The molecular weight excluding hydrogens is 312 g/mol. The number of aromatic nitrogens is 2. The predicted molar refractivity (Wildman–Crippen MR) is 100 cm³/mol. The zero-order valence-corrected chi connectivity index (χ0v) is 15.2. The van der Waals surface area contributed by atoms with Crippen LogP contribution in [0.2, 0.25) is 0 Å². The van der Waals surface area contributed by atoms with Crippen LogP contribution in [0.1, 0.15) is 62.5 Å². The largest absolute Gasteiger partial charge is 0.348 e. The monoisotopic (exact) mass is 338 g/mol. The van der Waals surface area contributed by atoms with E-state index in [1.54, 1.807) is 12.3 Å². The second kappa shape index (κ2) is 7.21. The molecule has 25 heavy (non-hydrogen) atoms. The second-order valence-corrected chi connectivity index (χ2v) is 7.64. The van der Waals surface area contributed by atoms with Gasteiger partial charge in [-0.1, -0.05) is 51.8 Å². The highest BCUT2D eigenvalue weighted by Gasteiger charge is 2.20. The number of nitrogens with one attached hydrogen (secondary N) is 2. The Morgan fingerprint density at radius 1 is 1.12 bits per heavy atom. The summed E-state index contributed by atoms with van der Waals surface area (Å²) in [6.45, 7) is 6.50. The molecule has 1 aromatic heterocycles. The molecule has 1 saturated carbocycles. The molecule has 0 aliphatic heterocycles. The van der Waals surface area contributed by atoms with E-state index in [0.29, 0.717) is 11.6 Å². The zero-order valence-electron chi connectivity index (χ0n) is 15.2. The van der Waals surface area contributed by atoms with Gasteiger partial charge in [0.05, 0.1) is 0 Å². The van der Waals surface area contributed by atoms with E-state index < -0.39 is 0 Å². The average molecular weight is 338 g/mol. The molecule has 1 amide bonds. The number of carbonyl (C=O) groups excluding carboxylic acids is 1. The third-order valence-corrected chi connectivity index (χ3v) is 4.56. The summed E-state index contributed by atoms with van der Waals surface area (Å²) in [5.74, 6) is 0.317. The summed E-state index contributed by atoms with van der Waals surface area (Å²) in [6, 6.07) is 10.0. The van der Waals surface area contributed by atoms with E-state index in [1.165, 1.54) is 18.4 Å². The third-order valence-electron chi connectivity index (χ3n) is 4.56. The molecule has 2 N–H and O–H groups in total. The first-order chi connectivity index (χ1) is 11.9.